The van der Waals surface area contributed by atoms with Crippen molar-refractivity contribution in [2.45, 2.75) is 6.42 Å². The Kier molecular flexibility index (Phi) is 3.09. The summed E-state index contributed by atoms with van der Waals surface area (Å²) in [6.07, 6.45) is 0.498. The summed E-state index contributed by atoms with van der Waals surface area (Å²) in [7, 11) is 0. The van der Waals surface area contributed by atoms with Crippen LogP contribution in [-0.4, -0.2) is 16.5 Å². The summed E-state index contributed by atoms with van der Waals surface area (Å²) < 4.78 is 0. The number of pyridine rings is 1. The summed E-state index contributed by atoms with van der Waals surface area (Å²) in [5.41, 5.74) is 6.01. The van der Waals surface area contributed by atoms with E-state index in [0.717, 1.165) is 0 Å². The maximum atomic E-state index is 10.4. The molecule has 2 N–H and O–H groups in total. The molecular weight excluding hydrogens is 184 g/mol. The molecule has 0 amide bonds. The summed E-state index contributed by atoms with van der Waals surface area (Å²) in [6.45, 7) is 0.381. The van der Waals surface area contributed by atoms with E-state index in [1.165, 1.54) is 12.1 Å². The van der Waals surface area contributed by atoms with Crippen LogP contribution >= 0.6 is 0 Å². The predicted molar refractivity (Wildman–Crippen MR) is 48.4 cm³/mol. The minimum absolute atomic E-state index is 0.0441. The van der Waals surface area contributed by atoms with Gasteiger partial charge in [-0.2, -0.15) is 5.26 Å². The molecule has 0 fully saturated rings. The van der Waals surface area contributed by atoms with Gasteiger partial charge in [0.15, 0.2) is 0 Å². The number of rotatable bonds is 3. The number of hydrogen-bond acceptors (Lipinski definition) is 5. The molecule has 6 nitrogen and oxygen atoms in total. The van der Waals surface area contributed by atoms with Gasteiger partial charge in [0.25, 0.3) is 5.69 Å². The maximum absolute atomic E-state index is 10.4. The average Bonchev–Trinajstić information content (AvgIpc) is 2.17. The Morgan fingerprint density at radius 1 is 1.64 bits per heavy atom. The van der Waals surface area contributed by atoms with Gasteiger partial charge in [0.2, 0.25) is 0 Å². The Morgan fingerprint density at radius 3 is 2.86 bits per heavy atom. The third-order valence-electron chi connectivity index (χ3n) is 1.61. The quantitative estimate of drug-likeness (QED) is 0.549. The molecule has 1 aromatic rings. The molecule has 0 aliphatic heterocycles. The number of nitro groups is 1. The molecule has 1 rings (SSSR count). The molecule has 0 atom stereocenters. The maximum Gasteiger partial charge on any atom is 0.365 e. The minimum atomic E-state index is -0.624. The van der Waals surface area contributed by atoms with E-state index < -0.39 is 4.92 Å². The Morgan fingerprint density at radius 2 is 2.36 bits per heavy atom. The van der Waals surface area contributed by atoms with Crippen LogP contribution in [0.1, 0.15) is 11.3 Å². The summed E-state index contributed by atoms with van der Waals surface area (Å²) in [4.78, 5) is 13.3. The fourth-order valence-electron chi connectivity index (χ4n) is 1.03. The average molecular weight is 192 g/mol. The molecular formula is C8H8N4O2. The van der Waals surface area contributed by atoms with Crippen LogP contribution in [0.5, 0.6) is 0 Å². The second-order valence-electron chi connectivity index (χ2n) is 2.63. The van der Waals surface area contributed by atoms with Crippen LogP contribution in [-0.2, 0) is 6.42 Å². The third-order valence-corrected chi connectivity index (χ3v) is 1.61. The fraction of sp³-hybridized carbons (Fsp3) is 0.250. The highest BCUT2D eigenvalue weighted by atomic mass is 16.6. The van der Waals surface area contributed by atoms with E-state index in [0.29, 0.717) is 18.5 Å². The van der Waals surface area contributed by atoms with E-state index in [2.05, 4.69) is 4.98 Å². The molecule has 1 heterocycles. The van der Waals surface area contributed by atoms with E-state index in [9.17, 15) is 10.1 Å². The van der Waals surface area contributed by atoms with E-state index in [-0.39, 0.29) is 11.5 Å². The molecule has 6 heteroatoms. The van der Waals surface area contributed by atoms with Crippen LogP contribution in [0.3, 0.4) is 0 Å². The van der Waals surface area contributed by atoms with Gasteiger partial charge in [-0.15, -0.1) is 0 Å². The zero-order chi connectivity index (χ0) is 10.6. The molecule has 0 saturated carbocycles. The van der Waals surface area contributed by atoms with Gasteiger partial charge in [0.1, 0.15) is 6.07 Å². The van der Waals surface area contributed by atoms with Crippen molar-refractivity contribution < 1.29 is 4.92 Å². The fourth-order valence-corrected chi connectivity index (χ4v) is 1.03. The van der Waals surface area contributed by atoms with Crippen molar-refractivity contribution in [1.29, 1.82) is 5.26 Å². The van der Waals surface area contributed by atoms with Crippen LogP contribution in [0.2, 0.25) is 0 Å². The lowest BCUT2D eigenvalue weighted by Gasteiger charge is -1.97. The van der Waals surface area contributed by atoms with Gasteiger partial charge in [-0.25, -0.2) is 0 Å². The van der Waals surface area contributed by atoms with Crippen molar-refractivity contribution in [3.05, 3.63) is 33.5 Å². The minimum Gasteiger partial charge on any atom is -0.358 e. The lowest BCUT2D eigenvalue weighted by atomic mass is 10.1. The first-order valence-electron chi connectivity index (χ1n) is 3.93. The number of nitrogens with zero attached hydrogens (tertiary/aromatic N) is 3. The van der Waals surface area contributed by atoms with Gasteiger partial charge in [0, 0.05) is 12.1 Å². The molecule has 0 saturated heterocycles. The molecule has 1 aromatic heterocycles. The Bertz CT molecular complexity index is 397. The third kappa shape index (κ3) is 2.24. The number of hydrogen-bond donors (Lipinski definition) is 1. The molecule has 0 spiro atoms. The zero-order valence-electron chi connectivity index (χ0n) is 7.30. The molecule has 0 bridgehead atoms. The first-order valence-corrected chi connectivity index (χ1v) is 3.93. The van der Waals surface area contributed by atoms with Crippen molar-refractivity contribution >= 4 is 5.82 Å². The monoisotopic (exact) mass is 192 g/mol. The molecule has 0 radical (unpaired) electrons. The van der Waals surface area contributed by atoms with Crippen molar-refractivity contribution in [3.63, 3.8) is 0 Å². The Balaban J connectivity index is 3.15. The van der Waals surface area contributed by atoms with Crippen molar-refractivity contribution in [2.24, 2.45) is 5.73 Å². The number of nitriles is 1. The van der Waals surface area contributed by atoms with Gasteiger partial charge in [-0.3, -0.25) is 0 Å². The van der Waals surface area contributed by atoms with E-state index in [1.54, 1.807) is 6.07 Å². The van der Waals surface area contributed by atoms with E-state index >= 15 is 0 Å². The predicted octanol–water partition coefficient (Wildman–Crippen LogP) is 0.363. The summed E-state index contributed by atoms with van der Waals surface area (Å²) >= 11 is 0. The SMILES string of the molecule is N#Cc1cc(CCN)cc([N+](=O)[O-])n1. The van der Waals surface area contributed by atoms with Crippen molar-refractivity contribution in [2.75, 3.05) is 6.54 Å². The first kappa shape index (κ1) is 10.1. The first-order chi connectivity index (χ1) is 6.67. The van der Waals surface area contributed by atoms with Crippen LogP contribution in [0.25, 0.3) is 0 Å². The Labute approximate surface area is 80.1 Å². The molecule has 0 unspecified atom stereocenters. The highest BCUT2D eigenvalue weighted by molar-refractivity contribution is 5.34. The van der Waals surface area contributed by atoms with Crippen LogP contribution in [0.15, 0.2) is 12.1 Å². The van der Waals surface area contributed by atoms with Gasteiger partial charge in [-0.1, -0.05) is 0 Å². The molecule has 0 aliphatic carbocycles. The molecule has 0 aliphatic rings. The Hall–Kier alpha value is -2.00. The van der Waals surface area contributed by atoms with E-state index in [1.807, 2.05) is 0 Å². The normalized spacial score (nSPS) is 9.43. The van der Waals surface area contributed by atoms with Gasteiger partial charge in [0.05, 0.1) is 0 Å². The van der Waals surface area contributed by atoms with E-state index in [4.69, 9.17) is 11.0 Å². The lowest BCUT2D eigenvalue weighted by molar-refractivity contribution is -0.389. The highest BCUT2D eigenvalue weighted by Crippen LogP contribution is 2.12. The number of nitrogens with two attached hydrogens (primary N) is 1. The largest absolute Gasteiger partial charge is 0.365 e. The highest BCUT2D eigenvalue weighted by Gasteiger charge is 2.12. The second kappa shape index (κ2) is 4.30. The van der Waals surface area contributed by atoms with Crippen LogP contribution < -0.4 is 5.73 Å². The van der Waals surface area contributed by atoms with Crippen molar-refractivity contribution in [3.8, 4) is 6.07 Å². The number of aromatic nitrogens is 1. The zero-order valence-corrected chi connectivity index (χ0v) is 7.30. The summed E-state index contributed by atoms with van der Waals surface area (Å²) in [5.74, 6) is -0.312. The lowest BCUT2D eigenvalue weighted by Crippen LogP contribution is -2.04. The topological polar surface area (TPSA) is 106 Å². The van der Waals surface area contributed by atoms with Gasteiger partial charge in [-0.05, 0) is 28.4 Å². The smallest absolute Gasteiger partial charge is 0.358 e. The molecule has 0 aromatic carbocycles. The second-order valence-corrected chi connectivity index (χ2v) is 2.63. The van der Waals surface area contributed by atoms with Gasteiger partial charge < -0.3 is 15.8 Å². The summed E-state index contributed by atoms with van der Waals surface area (Å²) in [6, 6.07) is 4.59. The van der Waals surface area contributed by atoms with Crippen LogP contribution in [0, 0.1) is 21.4 Å². The molecule has 72 valence electrons. The van der Waals surface area contributed by atoms with Crippen LogP contribution in [0.4, 0.5) is 5.82 Å². The molecule has 14 heavy (non-hydrogen) atoms. The van der Waals surface area contributed by atoms with Gasteiger partial charge >= 0.3 is 5.82 Å². The summed E-state index contributed by atoms with van der Waals surface area (Å²) in [5, 5.41) is 19.0. The standard InChI is InChI=1S/C8H8N4O2/c9-2-1-6-3-7(5-10)11-8(4-6)12(13)14/h3-4H,1-2,9H2. The van der Waals surface area contributed by atoms with Crippen molar-refractivity contribution in [1.82, 2.24) is 4.98 Å².